The van der Waals surface area contributed by atoms with Crippen LogP contribution in [0.1, 0.15) is 12.5 Å². The van der Waals surface area contributed by atoms with E-state index in [2.05, 4.69) is 5.32 Å². The molecule has 1 N–H and O–H groups in total. The van der Waals surface area contributed by atoms with Gasteiger partial charge in [-0.15, -0.1) is 0 Å². The first kappa shape index (κ1) is 19.6. The van der Waals surface area contributed by atoms with Gasteiger partial charge in [-0.05, 0) is 42.3 Å². The van der Waals surface area contributed by atoms with Crippen molar-refractivity contribution in [3.05, 3.63) is 63.1 Å². The van der Waals surface area contributed by atoms with Crippen LogP contribution in [-0.2, 0) is 16.0 Å². The summed E-state index contributed by atoms with van der Waals surface area (Å²) in [5.41, 5.74) is 1.41. The largest absolute Gasteiger partial charge is 0.333 e. The van der Waals surface area contributed by atoms with Gasteiger partial charge in [0.1, 0.15) is 0 Å². The van der Waals surface area contributed by atoms with Crippen LogP contribution < -0.4 is 5.32 Å². The van der Waals surface area contributed by atoms with Gasteiger partial charge < -0.3 is 10.2 Å². The lowest BCUT2D eigenvalue weighted by Gasteiger charge is -2.21. The Bertz CT molecular complexity index is 781. The molecule has 0 aromatic heterocycles. The molecule has 0 fully saturated rings. The predicted molar refractivity (Wildman–Crippen MR) is 103 cm³/mol. The Morgan fingerprint density at radius 1 is 1.04 bits per heavy atom. The second-order valence-electron chi connectivity index (χ2n) is 5.49. The van der Waals surface area contributed by atoms with E-state index in [1.54, 1.807) is 24.3 Å². The van der Waals surface area contributed by atoms with E-state index in [4.69, 9.17) is 34.8 Å². The quantitative estimate of drug-likeness (QED) is 0.767. The first-order valence-corrected chi connectivity index (χ1v) is 8.73. The molecule has 0 aliphatic rings. The lowest BCUT2D eigenvalue weighted by Crippen LogP contribution is -2.38. The zero-order valence-corrected chi connectivity index (χ0v) is 15.8. The maximum atomic E-state index is 12.2. The van der Waals surface area contributed by atoms with Crippen LogP contribution in [0.25, 0.3) is 0 Å². The summed E-state index contributed by atoms with van der Waals surface area (Å²) < 4.78 is 0. The minimum absolute atomic E-state index is 0.0707. The number of hydrogen-bond acceptors (Lipinski definition) is 2. The molecule has 0 saturated heterocycles. The molecule has 0 spiro atoms. The molecule has 132 valence electrons. The van der Waals surface area contributed by atoms with Crippen LogP contribution in [0.2, 0.25) is 15.1 Å². The van der Waals surface area contributed by atoms with E-state index >= 15 is 0 Å². The Morgan fingerprint density at radius 2 is 1.76 bits per heavy atom. The third kappa shape index (κ3) is 6.24. The Hall–Kier alpha value is -1.75. The molecular weight excluding hydrogens is 383 g/mol. The van der Waals surface area contributed by atoms with E-state index in [1.165, 1.54) is 11.8 Å². The van der Waals surface area contributed by atoms with Crippen molar-refractivity contribution in [2.75, 3.05) is 18.4 Å². The predicted octanol–water partition coefficient (Wildman–Crippen LogP) is 4.68. The first-order chi connectivity index (χ1) is 11.8. The number of anilines is 1. The molecule has 0 aliphatic heterocycles. The maximum Gasteiger partial charge on any atom is 0.244 e. The molecule has 0 saturated carbocycles. The third-order valence-corrected chi connectivity index (χ3v) is 4.34. The summed E-state index contributed by atoms with van der Waals surface area (Å²) in [6.07, 6.45) is 0.603. The highest BCUT2D eigenvalue weighted by Gasteiger charge is 2.15. The van der Waals surface area contributed by atoms with Crippen LogP contribution in [0.15, 0.2) is 42.5 Å². The molecule has 0 radical (unpaired) electrons. The van der Waals surface area contributed by atoms with Crippen molar-refractivity contribution in [3.63, 3.8) is 0 Å². The zero-order valence-electron chi connectivity index (χ0n) is 13.6. The van der Waals surface area contributed by atoms with Crippen LogP contribution in [0.5, 0.6) is 0 Å². The van der Waals surface area contributed by atoms with E-state index < -0.39 is 0 Å². The molecule has 0 atom stereocenters. The van der Waals surface area contributed by atoms with Gasteiger partial charge in [0.2, 0.25) is 11.8 Å². The molecule has 0 bridgehead atoms. The van der Waals surface area contributed by atoms with Gasteiger partial charge >= 0.3 is 0 Å². The molecule has 2 aromatic rings. The van der Waals surface area contributed by atoms with Crippen LogP contribution >= 0.6 is 34.8 Å². The molecule has 0 unspecified atom stereocenters. The van der Waals surface area contributed by atoms with Crippen molar-refractivity contribution >= 4 is 52.3 Å². The highest BCUT2D eigenvalue weighted by Crippen LogP contribution is 2.25. The number of nitrogens with zero attached hydrogens (tertiary/aromatic N) is 1. The van der Waals surface area contributed by atoms with Crippen molar-refractivity contribution in [2.45, 2.75) is 13.3 Å². The standard InChI is InChI=1S/C18H17Cl3N2O2/c1-12(24)23(8-7-13-3-2-4-14(19)9-13)11-18(25)22-17-10-15(20)5-6-16(17)21/h2-6,9-10H,7-8,11H2,1H3,(H,22,25). The van der Waals surface area contributed by atoms with Crippen LogP contribution in [0.4, 0.5) is 5.69 Å². The molecule has 2 amide bonds. The van der Waals surface area contributed by atoms with Gasteiger partial charge in [0.25, 0.3) is 0 Å². The van der Waals surface area contributed by atoms with Crippen LogP contribution in [-0.4, -0.2) is 29.8 Å². The number of rotatable bonds is 6. The fourth-order valence-electron chi connectivity index (χ4n) is 2.26. The summed E-state index contributed by atoms with van der Waals surface area (Å²) in [5.74, 6) is -0.528. The summed E-state index contributed by atoms with van der Waals surface area (Å²) in [6.45, 7) is 1.77. The third-order valence-electron chi connectivity index (χ3n) is 3.54. The van der Waals surface area contributed by atoms with E-state index in [0.717, 1.165) is 5.56 Å². The van der Waals surface area contributed by atoms with Crippen molar-refractivity contribution in [3.8, 4) is 0 Å². The van der Waals surface area contributed by atoms with Gasteiger partial charge in [-0.2, -0.15) is 0 Å². The minimum Gasteiger partial charge on any atom is -0.333 e. The first-order valence-electron chi connectivity index (χ1n) is 7.60. The molecule has 2 rings (SSSR count). The topological polar surface area (TPSA) is 49.4 Å². The average Bonchev–Trinajstić information content (AvgIpc) is 2.54. The Labute approximate surface area is 161 Å². The number of hydrogen-bond donors (Lipinski definition) is 1. The second kappa shape index (κ2) is 9.09. The van der Waals surface area contributed by atoms with E-state index in [1.807, 2.05) is 18.2 Å². The van der Waals surface area contributed by atoms with Crippen molar-refractivity contribution in [1.82, 2.24) is 4.90 Å². The summed E-state index contributed by atoms with van der Waals surface area (Å²) >= 11 is 17.9. The molecule has 25 heavy (non-hydrogen) atoms. The molecule has 0 heterocycles. The van der Waals surface area contributed by atoms with Crippen molar-refractivity contribution < 1.29 is 9.59 Å². The molecule has 2 aromatic carbocycles. The summed E-state index contributed by atoms with van der Waals surface area (Å²) in [6, 6.07) is 12.2. The van der Waals surface area contributed by atoms with Crippen LogP contribution in [0.3, 0.4) is 0 Å². The fourth-order valence-corrected chi connectivity index (χ4v) is 2.81. The van der Waals surface area contributed by atoms with Gasteiger partial charge in [-0.25, -0.2) is 0 Å². The number of amides is 2. The maximum absolute atomic E-state index is 12.2. The van der Waals surface area contributed by atoms with Gasteiger partial charge in [0.05, 0.1) is 17.3 Å². The van der Waals surface area contributed by atoms with Crippen LogP contribution in [0, 0.1) is 0 Å². The van der Waals surface area contributed by atoms with Gasteiger partial charge in [0.15, 0.2) is 0 Å². The van der Waals surface area contributed by atoms with Gasteiger partial charge in [0, 0.05) is 23.5 Å². The molecular formula is C18H17Cl3N2O2. The molecule has 0 aliphatic carbocycles. The van der Waals surface area contributed by atoms with Gasteiger partial charge in [-0.3, -0.25) is 9.59 Å². The summed E-state index contributed by atoms with van der Waals surface area (Å²) in [7, 11) is 0. The lowest BCUT2D eigenvalue weighted by molar-refractivity contribution is -0.132. The summed E-state index contributed by atoms with van der Waals surface area (Å²) in [5, 5.41) is 4.16. The number of halogens is 3. The zero-order chi connectivity index (χ0) is 18.4. The Balaban J connectivity index is 1.97. The fraction of sp³-hybridized carbons (Fsp3) is 0.222. The number of carbonyl (C=O) groups is 2. The van der Waals surface area contributed by atoms with Crippen molar-refractivity contribution in [1.29, 1.82) is 0 Å². The van der Waals surface area contributed by atoms with Crippen molar-refractivity contribution in [2.24, 2.45) is 0 Å². The van der Waals surface area contributed by atoms with E-state index in [-0.39, 0.29) is 18.4 Å². The van der Waals surface area contributed by atoms with E-state index in [0.29, 0.717) is 33.7 Å². The van der Waals surface area contributed by atoms with Gasteiger partial charge in [-0.1, -0.05) is 46.9 Å². The molecule has 4 nitrogen and oxygen atoms in total. The average molecular weight is 400 g/mol. The van der Waals surface area contributed by atoms with E-state index in [9.17, 15) is 9.59 Å². The number of nitrogens with one attached hydrogen (secondary N) is 1. The summed E-state index contributed by atoms with van der Waals surface area (Å²) in [4.78, 5) is 25.5. The molecule has 7 heteroatoms. The monoisotopic (exact) mass is 398 g/mol. The second-order valence-corrected chi connectivity index (χ2v) is 6.77. The Kier molecular flexibility index (Phi) is 7.12. The SMILES string of the molecule is CC(=O)N(CCc1cccc(Cl)c1)CC(=O)Nc1cc(Cl)ccc1Cl. The highest BCUT2D eigenvalue weighted by molar-refractivity contribution is 6.35. The normalized spacial score (nSPS) is 10.4. The highest BCUT2D eigenvalue weighted by atomic mass is 35.5. The number of carbonyl (C=O) groups excluding carboxylic acids is 2. The smallest absolute Gasteiger partial charge is 0.244 e. The number of benzene rings is 2. The minimum atomic E-state index is -0.342. The Morgan fingerprint density at radius 3 is 2.44 bits per heavy atom. The lowest BCUT2D eigenvalue weighted by atomic mass is 10.1.